The van der Waals surface area contributed by atoms with Crippen LogP contribution < -0.4 is 16.0 Å². The fourth-order valence-corrected chi connectivity index (χ4v) is 3.22. The summed E-state index contributed by atoms with van der Waals surface area (Å²) in [7, 11) is 0. The van der Waals surface area contributed by atoms with Crippen molar-refractivity contribution >= 4 is 22.8 Å². The number of aromatic nitrogens is 1. The molecule has 8 heteroatoms. The van der Waals surface area contributed by atoms with Crippen LogP contribution in [0.3, 0.4) is 0 Å². The molecule has 1 amide bonds. The van der Waals surface area contributed by atoms with E-state index in [4.69, 9.17) is 0 Å². The number of carbonyl (C=O) groups excluding carboxylic acids is 1. The first kappa shape index (κ1) is 22.3. The third-order valence-corrected chi connectivity index (χ3v) is 4.74. The molecular weight excluding hydrogens is 400 g/mol. The van der Waals surface area contributed by atoms with Gasteiger partial charge in [-0.3, -0.25) is 9.79 Å². The van der Waals surface area contributed by atoms with Crippen LogP contribution in [0.1, 0.15) is 18.1 Å². The van der Waals surface area contributed by atoms with Crippen molar-refractivity contribution in [2.24, 2.45) is 4.99 Å². The van der Waals surface area contributed by atoms with Gasteiger partial charge in [0, 0.05) is 43.3 Å². The molecule has 0 aliphatic heterocycles. The van der Waals surface area contributed by atoms with Crippen molar-refractivity contribution in [2.75, 3.05) is 26.2 Å². The number of fused-ring (bicyclic) bond motifs is 1. The highest BCUT2D eigenvalue weighted by Crippen LogP contribution is 2.19. The van der Waals surface area contributed by atoms with Crippen LogP contribution in [-0.2, 0) is 17.6 Å². The van der Waals surface area contributed by atoms with Gasteiger partial charge in [-0.15, -0.1) is 0 Å². The van der Waals surface area contributed by atoms with E-state index in [1.54, 1.807) is 18.2 Å². The first-order valence-corrected chi connectivity index (χ1v) is 10.3. The van der Waals surface area contributed by atoms with Crippen molar-refractivity contribution in [3.63, 3.8) is 0 Å². The number of aromatic amines is 1. The monoisotopic (exact) mass is 427 g/mol. The maximum atomic E-state index is 13.5. The molecule has 164 valence electrons. The van der Waals surface area contributed by atoms with Crippen LogP contribution in [0.5, 0.6) is 0 Å². The molecule has 4 N–H and O–H groups in total. The fraction of sp³-hybridized carbons (Fsp3) is 0.304. The van der Waals surface area contributed by atoms with Crippen molar-refractivity contribution in [3.05, 3.63) is 71.4 Å². The average molecular weight is 427 g/mol. The van der Waals surface area contributed by atoms with Crippen molar-refractivity contribution in [1.29, 1.82) is 0 Å². The number of H-pyrrole nitrogens is 1. The molecule has 0 aliphatic rings. The molecule has 0 bridgehead atoms. The summed E-state index contributed by atoms with van der Waals surface area (Å²) in [6.45, 7) is 4.17. The van der Waals surface area contributed by atoms with E-state index in [-0.39, 0.29) is 24.0 Å². The number of amides is 1. The van der Waals surface area contributed by atoms with Gasteiger partial charge < -0.3 is 20.9 Å². The lowest BCUT2D eigenvalue weighted by Crippen LogP contribution is -2.41. The number of hydrogen-bond acceptors (Lipinski definition) is 2. The lowest BCUT2D eigenvalue weighted by Gasteiger charge is -2.12. The van der Waals surface area contributed by atoms with Gasteiger partial charge in [-0.2, -0.15) is 0 Å². The summed E-state index contributed by atoms with van der Waals surface area (Å²) in [6, 6.07) is 10.6. The Morgan fingerprint density at radius 3 is 2.52 bits per heavy atom. The lowest BCUT2D eigenvalue weighted by atomic mass is 10.1. The van der Waals surface area contributed by atoms with Crippen LogP contribution in [0.25, 0.3) is 10.9 Å². The smallest absolute Gasteiger partial charge is 0.224 e. The van der Waals surface area contributed by atoms with Crippen LogP contribution in [0.4, 0.5) is 8.78 Å². The molecule has 0 saturated heterocycles. The number of guanidine groups is 1. The summed E-state index contributed by atoms with van der Waals surface area (Å²) in [5, 5.41) is 10.0. The fourth-order valence-electron chi connectivity index (χ4n) is 3.22. The molecule has 1 heterocycles. The number of rotatable bonds is 9. The predicted octanol–water partition coefficient (Wildman–Crippen LogP) is 2.90. The third kappa shape index (κ3) is 6.80. The first-order valence-electron chi connectivity index (χ1n) is 10.3. The largest absolute Gasteiger partial charge is 0.361 e. The highest BCUT2D eigenvalue weighted by atomic mass is 19.1. The highest BCUT2D eigenvalue weighted by molar-refractivity contribution is 5.83. The second-order valence-corrected chi connectivity index (χ2v) is 7.09. The summed E-state index contributed by atoms with van der Waals surface area (Å²) < 4.78 is 26.4. The summed E-state index contributed by atoms with van der Waals surface area (Å²) in [4.78, 5) is 19.7. The van der Waals surface area contributed by atoms with E-state index in [0.717, 1.165) is 22.0 Å². The molecule has 2 aromatic carbocycles. The zero-order valence-electron chi connectivity index (χ0n) is 17.5. The molecule has 3 rings (SSSR count). The van der Waals surface area contributed by atoms with Crippen molar-refractivity contribution in [2.45, 2.75) is 19.8 Å². The molecule has 3 aromatic rings. The Morgan fingerprint density at radius 1 is 1.00 bits per heavy atom. The Hall–Kier alpha value is -3.42. The zero-order valence-corrected chi connectivity index (χ0v) is 17.5. The Labute approximate surface area is 180 Å². The van der Waals surface area contributed by atoms with E-state index < -0.39 is 0 Å². The number of nitrogens with one attached hydrogen (secondary N) is 4. The van der Waals surface area contributed by atoms with Gasteiger partial charge in [0.2, 0.25) is 5.91 Å². The molecule has 1 aromatic heterocycles. The number of benzene rings is 2. The number of hydrogen-bond donors (Lipinski definition) is 4. The topological polar surface area (TPSA) is 81.3 Å². The SMILES string of the molecule is CCNC(=NCCc1c[nH]c2ccc(F)cc12)NCCNC(=O)Cc1ccc(F)cc1. The van der Waals surface area contributed by atoms with Crippen LogP contribution in [-0.4, -0.2) is 43.0 Å². The summed E-state index contributed by atoms with van der Waals surface area (Å²) in [5.41, 5.74) is 2.68. The second kappa shape index (κ2) is 11.1. The third-order valence-electron chi connectivity index (χ3n) is 4.74. The molecular formula is C23H27F2N5O. The molecule has 0 aliphatic carbocycles. The normalized spacial score (nSPS) is 11.5. The second-order valence-electron chi connectivity index (χ2n) is 7.09. The molecule has 31 heavy (non-hydrogen) atoms. The van der Waals surface area contributed by atoms with E-state index in [9.17, 15) is 13.6 Å². The van der Waals surface area contributed by atoms with Crippen molar-refractivity contribution < 1.29 is 13.6 Å². The molecule has 0 fully saturated rings. The van der Waals surface area contributed by atoms with E-state index in [2.05, 4.69) is 25.9 Å². The minimum Gasteiger partial charge on any atom is -0.361 e. The van der Waals surface area contributed by atoms with Gasteiger partial charge in [0.1, 0.15) is 11.6 Å². The standard InChI is InChI=1S/C23H27F2N5O/c1-2-26-23(28-10-9-17-15-30-21-8-7-19(25)14-20(17)21)29-12-11-27-22(31)13-16-3-5-18(24)6-4-16/h3-8,14-15,30H,2,9-13H2,1H3,(H,27,31)(H2,26,28,29). The van der Waals surface area contributed by atoms with Gasteiger partial charge in [0.25, 0.3) is 0 Å². The zero-order chi connectivity index (χ0) is 22.1. The Kier molecular flexibility index (Phi) is 7.98. The van der Waals surface area contributed by atoms with E-state index in [1.807, 2.05) is 13.1 Å². The quantitative estimate of drug-likeness (QED) is 0.241. The lowest BCUT2D eigenvalue weighted by molar-refractivity contribution is -0.120. The van der Waals surface area contributed by atoms with E-state index in [1.165, 1.54) is 24.3 Å². The molecule has 0 radical (unpaired) electrons. The van der Waals surface area contributed by atoms with Gasteiger partial charge in [-0.05, 0) is 54.8 Å². The maximum absolute atomic E-state index is 13.5. The number of halogens is 2. The van der Waals surface area contributed by atoms with Gasteiger partial charge >= 0.3 is 0 Å². The highest BCUT2D eigenvalue weighted by Gasteiger charge is 2.06. The molecule has 0 spiro atoms. The molecule has 6 nitrogen and oxygen atoms in total. The van der Waals surface area contributed by atoms with E-state index >= 15 is 0 Å². The van der Waals surface area contributed by atoms with Crippen LogP contribution in [0, 0.1) is 11.6 Å². The molecule has 0 atom stereocenters. The van der Waals surface area contributed by atoms with Gasteiger partial charge in [0.05, 0.1) is 6.42 Å². The minimum atomic E-state index is -0.319. The maximum Gasteiger partial charge on any atom is 0.224 e. The minimum absolute atomic E-state index is 0.123. The first-order chi connectivity index (χ1) is 15.0. The number of aliphatic imine (C=N–C) groups is 1. The Balaban J connectivity index is 1.43. The summed E-state index contributed by atoms with van der Waals surface area (Å²) in [5.74, 6) is -0.0444. The molecule has 0 saturated carbocycles. The Bertz CT molecular complexity index is 1030. The van der Waals surface area contributed by atoms with Crippen molar-refractivity contribution in [1.82, 2.24) is 20.9 Å². The number of carbonyl (C=O) groups is 1. The van der Waals surface area contributed by atoms with Gasteiger partial charge in [-0.25, -0.2) is 8.78 Å². The van der Waals surface area contributed by atoms with Gasteiger partial charge in [-0.1, -0.05) is 12.1 Å². The van der Waals surface area contributed by atoms with E-state index in [0.29, 0.717) is 38.6 Å². The van der Waals surface area contributed by atoms with Crippen LogP contribution in [0.2, 0.25) is 0 Å². The van der Waals surface area contributed by atoms with Crippen LogP contribution >= 0.6 is 0 Å². The van der Waals surface area contributed by atoms with Crippen molar-refractivity contribution in [3.8, 4) is 0 Å². The molecule has 0 unspecified atom stereocenters. The predicted molar refractivity (Wildman–Crippen MR) is 119 cm³/mol. The average Bonchev–Trinajstić information content (AvgIpc) is 3.15. The number of nitrogens with zero attached hydrogens (tertiary/aromatic N) is 1. The van der Waals surface area contributed by atoms with Crippen LogP contribution in [0.15, 0.2) is 53.7 Å². The summed E-state index contributed by atoms with van der Waals surface area (Å²) >= 11 is 0. The summed E-state index contributed by atoms with van der Waals surface area (Å²) in [6.07, 6.45) is 2.77. The van der Waals surface area contributed by atoms with Gasteiger partial charge in [0.15, 0.2) is 5.96 Å². The Morgan fingerprint density at radius 2 is 1.74 bits per heavy atom.